The van der Waals surface area contributed by atoms with Gasteiger partial charge in [0, 0.05) is 18.2 Å². The van der Waals surface area contributed by atoms with Crippen LogP contribution in [0.25, 0.3) is 0 Å². The Hall–Kier alpha value is -2.32. The second kappa shape index (κ2) is 7.13. The zero-order valence-electron chi connectivity index (χ0n) is 15.9. The van der Waals surface area contributed by atoms with E-state index in [1.54, 1.807) is 11.0 Å². The number of rotatable bonds is 4. The first-order chi connectivity index (χ1) is 14.3. The van der Waals surface area contributed by atoms with Gasteiger partial charge in [-0.2, -0.15) is 5.10 Å². The first-order valence-corrected chi connectivity index (χ1v) is 10.6. The smallest absolute Gasteiger partial charge is 0.322 e. The fourth-order valence-electron chi connectivity index (χ4n) is 4.23. The monoisotopic (exact) mass is 452 g/mol. The van der Waals surface area contributed by atoms with Crippen LogP contribution < -0.4 is 15.6 Å². The molecule has 0 unspecified atom stereocenters. The van der Waals surface area contributed by atoms with Gasteiger partial charge in [0.05, 0.1) is 27.5 Å². The number of fused-ring (bicyclic) bond motifs is 4. The van der Waals surface area contributed by atoms with Gasteiger partial charge in [-0.05, 0) is 43.7 Å². The largest absolute Gasteiger partial charge is 0.488 e. The van der Waals surface area contributed by atoms with E-state index in [-0.39, 0.29) is 46.1 Å². The van der Waals surface area contributed by atoms with E-state index in [1.807, 2.05) is 0 Å². The maximum absolute atomic E-state index is 14.0. The Balaban J connectivity index is 1.39. The Morgan fingerprint density at radius 3 is 2.83 bits per heavy atom. The number of anilines is 1. The molecule has 1 aliphatic carbocycles. The number of benzene rings is 1. The number of amides is 2. The van der Waals surface area contributed by atoms with Crippen LogP contribution in [-0.2, 0) is 6.42 Å². The Morgan fingerprint density at radius 2 is 2.07 bits per heavy atom. The molecule has 2 fully saturated rings. The Labute approximate surface area is 181 Å². The van der Waals surface area contributed by atoms with Crippen LogP contribution in [0.3, 0.4) is 0 Å². The lowest BCUT2D eigenvalue weighted by atomic mass is 9.99. The molecule has 5 rings (SSSR count). The van der Waals surface area contributed by atoms with E-state index in [1.165, 1.54) is 12.1 Å². The molecule has 2 amide bonds. The highest BCUT2D eigenvalue weighted by Gasteiger charge is 2.45. The topological polar surface area (TPSA) is 87.3 Å². The average Bonchev–Trinajstić information content (AvgIpc) is 3.35. The molecule has 7 nitrogen and oxygen atoms in total. The summed E-state index contributed by atoms with van der Waals surface area (Å²) in [6.45, 7) is -0.104. The molecule has 2 aromatic rings. The van der Waals surface area contributed by atoms with Gasteiger partial charge in [0.2, 0.25) is 0 Å². The third kappa shape index (κ3) is 3.52. The minimum Gasteiger partial charge on any atom is -0.488 e. The molecule has 3 aliphatic rings. The minimum atomic E-state index is -1.31. The van der Waals surface area contributed by atoms with E-state index in [4.69, 9.17) is 27.9 Å². The van der Waals surface area contributed by atoms with Crippen LogP contribution in [0.15, 0.2) is 23.0 Å². The first kappa shape index (κ1) is 19.6. The predicted octanol–water partition coefficient (Wildman–Crippen LogP) is 4.25. The third-order valence-electron chi connectivity index (χ3n) is 5.97. The molecule has 1 saturated heterocycles. The van der Waals surface area contributed by atoms with Gasteiger partial charge < -0.3 is 15.0 Å². The summed E-state index contributed by atoms with van der Waals surface area (Å²) in [5, 5.41) is 10.00. The molecule has 1 aromatic heterocycles. The molecular formula is C20H19Cl2FN4O3. The number of H-pyrrole nitrogens is 1. The van der Waals surface area contributed by atoms with E-state index < -0.39 is 5.67 Å². The van der Waals surface area contributed by atoms with Crippen molar-refractivity contribution >= 4 is 34.9 Å². The van der Waals surface area contributed by atoms with Gasteiger partial charge in [-0.15, -0.1) is 0 Å². The van der Waals surface area contributed by atoms with Gasteiger partial charge in [0.15, 0.2) is 0 Å². The standard InChI is InChI=1S/C20H19Cl2FN4O3/c21-12-7-14(16(8-13(12)22)30-9-20(23)3-4-20)24-19(29)27-11-1-2-15(27)18-10(5-11)6-17(28)25-26-18/h6-8,11,15H,1-5,9H2,(H,24,29)(H,25,28)/t11-,15+/m0/s1. The maximum Gasteiger partial charge on any atom is 0.322 e. The van der Waals surface area contributed by atoms with Crippen LogP contribution in [0.1, 0.15) is 43.0 Å². The number of alkyl halides is 1. The van der Waals surface area contributed by atoms with E-state index in [9.17, 15) is 14.0 Å². The molecule has 1 saturated carbocycles. The van der Waals surface area contributed by atoms with Crippen molar-refractivity contribution in [1.29, 1.82) is 0 Å². The van der Waals surface area contributed by atoms with Crippen LogP contribution in [0, 0.1) is 0 Å². The molecule has 1 aromatic carbocycles. The quantitative estimate of drug-likeness (QED) is 0.725. The molecular weight excluding hydrogens is 434 g/mol. The highest BCUT2D eigenvalue weighted by atomic mass is 35.5. The lowest BCUT2D eigenvalue weighted by Crippen LogP contribution is -2.45. The van der Waals surface area contributed by atoms with Gasteiger partial charge in [-0.25, -0.2) is 14.3 Å². The lowest BCUT2D eigenvalue weighted by molar-refractivity contribution is 0.174. The van der Waals surface area contributed by atoms with Crippen LogP contribution in [-0.4, -0.2) is 39.4 Å². The van der Waals surface area contributed by atoms with Crippen molar-refractivity contribution in [2.24, 2.45) is 0 Å². The Bertz CT molecular complexity index is 1090. The summed E-state index contributed by atoms with van der Waals surface area (Å²) in [7, 11) is 0. The van der Waals surface area contributed by atoms with Crippen molar-refractivity contribution in [1.82, 2.24) is 15.1 Å². The lowest BCUT2D eigenvalue weighted by Gasteiger charge is -2.35. The summed E-state index contributed by atoms with van der Waals surface area (Å²) >= 11 is 12.2. The number of carbonyl (C=O) groups is 1. The number of nitrogens with one attached hydrogen (secondary N) is 2. The number of carbonyl (C=O) groups excluding carboxylic acids is 1. The molecule has 2 N–H and O–H groups in total. The summed E-state index contributed by atoms with van der Waals surface area (Å²) in [4.78, 5) is 26.5. The first-order valence-electron chi connectivity index (χ1n) is 9.81. The van der Waals surface area contributed by atoms with Gasteiger partial charge in [-0.1, -0.05) is 23.2 Å². The second-order valence-electron chi connectivity index (χ2n) is 8.13. The molecule has 158 valence electrons. The summed E-state index contributed by atoms with van der Waals surface area (Å²) < 4.78 is 19.6. The summed E-state index contributed by atoms with van der Waals surface area (Å²) in [5.74, 6) is 0.272. The SMILES string of the molecule is O=C(Nc1cc(Cl)c(Cl)cc1OCC1(F)CC1)N1[C@H]2CC[C@@H]1c1n[nH]c(=O)cc1C2. The Kier molecular flexibility index (Phi) is 4.67. The molecule has 10 heteroatoms. The van der Waals surface area contributed by atoms with Crippen molar-refractivity contribution in [3.8, 4) is 5.75 Å². The molecule has 0 radical (unpaired) electrons. The zero-order chi connectivity index (χ0) is 21.0. The van der Waals surface area contributed by atoms with Crippen molar-refractivity contribution < 1.29 is 13.9 Å². The van der Waals surface area contributed by atoms with E-state index >= 15 is 0 Å². The molecule has 2 bridgehead atoms. The number of aromatic nitrogens is 2. The normalized spacial score (nSPS) is 23.1. The highest BCUT2D eigenvalue weighted by molar-refractivity contribution is 6.42. The molecule has 2 aliphatic heterocycles. The number of nitrogens with zero attached hydrogens (tertiary/aromatic N) is 2. The van der Waals surface area contributed by atoms with Crippen LogP contribution in [0.4, 0.5) is 14.9 Å². The maximum atomic E-state index is 14.0. The molecule has 0 spiro atoms. The summed E-state index contributed by atoms with van der Waals surface area (Å²) in [5.41, 5.74) is 0.373. The number of hydrogen-bond donors (Lipinski definition) is 2. The van der Waals surface area contributed by atoms with Crippen molar-refractivity contribution in [3.05, 3.63) is 49.9 Å². The van der Waals surface area contributed by atoms with Gasteiger partial charge >= 0.3 is 6.03 Å². The van der Waals surface area contributed by atoms with Crippen LogP contribution in [0.2, 0.25) is 10.0 Å². The number of ether oxygens (including phenoxy) is 1. The number of urea groups is 1. The fraction of sp³-hybridized carbons (Fsp3) is 0.450. The summed E-state index contributed by atoms with van der Waals surface area (Å²) in [6, 6.07) is 3.97. The molecule has 2 atom stereocenters. The van der Waals surface area contributed by atoms with Crippen molar-refractivity contribution in [3.63, 3.8) is 0 Å². The second-order valence-corrected chi connectivity index (χ2v) is 8.95. The van der Waals surface area contributed by atoms with E-state index in [0.717, 1.165) is 24.1 Å². The van der Waals surface area contributed by atoms with E-state index in [0.29, 0.717) is 24.9 Å². The van der Waals surface area contributed by atoms with Gasteiger partial charge in [0.1, 0.15) is 18.0 Å². The Morgan fingerprint density at radius 1 is 1.30 bits per heavy atom. The number of aromatic amines is 1. The molecule has 3 heterocycles. The summed E-state index contributed by atoms with van der Waals surface area (Å²) in [6.07, 6.45) is 3.07. The van der Waals surface area contributed by atoms with Crippen LogP contribution in [0.5, 0.6) is 5.75 Å². The molecule has 30 heavy (non-hydrogen) atoms. The fourth-order valence-corrected chi connectivity index (χ4v) is 4.55. The van der Waals surface area contributed by atoms with Crippen LogP contribution >= 0.6 is 23.2 Å². The predicted molar refractivity (Wildman–Crippen MR) is 110 cm³/mol. The average molecular weight is 453 g/mol. The van der Waals surface area contributed by atoms with Gasteiger partial charge in [-0.3, -0.25) is 4.79 Å². The van der Waals surface area contributed by atoms with Gasteiger partial charge in [0.25, 0.3) is 5.56 Å². The van der Waals surface area contributed by atoms with Crippen molar-refractivity contribution in [2.75, 3.05) is 11.9 Å². The zero-order valence-corrected chi connectivity index (χ0v) is 17.4. The number of hydrogen-bond acceptors (Lipinski definition) is 4. The number of halogens is 3. The van der Waals surface area contributed by atoms with E-state index in [2.05, 4.69) is 15.5 Å². The third-order valence-corrected chi connectivity index (χ3v) is 6.69. The minimum absolute atomic E-state index is 0.0289. The highest BCUT2D eigenvalue weighted by Crippen LogP contribution is 2.44. The van der Waals surface area contributed by atoms with Crippen molar-refractivity contribution in [2.45, 2.75) is 49.9 Å².